The zero-order valence-corrected chi connectivity index (χ0v) is 35.7. The number of piperidine rings is 3. The Hall–Kier alpha value is -4.73. The van der Waals surface area contributed by atoms with E-state index in [0.29, 0.717) is 43.4 Å². The number of nitrogens with one attached hydrogen (secondary N) is 1. The molecule has 4 aromatic rings. The van der Waals surface area contributed by atoms with Gasteiger partial charge in [0.2, 0.25) is 5.91 Å². The summed E-state index contributed by atoms with van der Waals surface area (Å²) in [5, 5.41) is 18.7. The van der Waals surface area contributed by atoms with Gasteiger partial charge in [-0.3, -0.25) is 19.5 Å². The summed E-state index contributed by atoms with van der Waals surface area (Å²) < 4.78 is 15.2. The second-order valence-corrected chi connectivity index (χ2v) is 17.8. The molecule has 15 nitrogen and oxygen atoms in total. The summed E-state index contributed by atoms with van der Waals surface area (Å²) in [6, 6.07) is 6.30. The van der Waals surface area contributed by atoms with Crippen molar-refractivity contribution in [3.8, 4) is 17.1 Å². The first-order chi connectivity index (χ1) is 28.3. The van der Waals surface area contributed by atoms with E-state index in [1.54, 1.807) is 19.1 Å². The normalized spacial score (nSPS) is 20.4. The molecule has 0 aromatic carbocycles. The predicted octanol–water partition coefficient (Wildman–Crippen LogP) is 5.51. The van der Waals surface area contributed by atoms with Crippen LogP contribution < -0.4 is 15.8 Å². The summed E-state index contributed by atoms with van der Waals surface area (Å²) in [6.45, 7) is 13.4. The third-order valence-corrected chi connectivity index (χ3v) is 12.4. The van der Waals surface area contributed by atoms with Gasteiger partial charge in [-0.05, 0) is 110 Å². The van der Waals surface area contributed by atoms with Crippen LogP contribution in [0, 0.1) is 12.8 Å². The van der Waals surface area contributed by atoms with E-state index in [9.17, 15) is 14.4 Å². The van der Waals surface area contributed by atoms with Crippen LogP contribution in [0.15, 0.2) is 30.6 Å². The fourth-order valence-electron chi connectivity index (χ4n) is 9.33. The maximum absolute atomic E-state index is 13.5. The van der Waals surface area contributed by atoms with Crippen LogP contribution in [-0.2, 0) is 16.1 Å². The van der Waals surface area contributed by atoms with Crippen molar-refractivity contribution in [1.82, 2.24) is 39.2 Å². The second-order valence-electron chi connectivity index (χ2n) is 17.8. The minimum atomic E-state index is -0.814. The minimum Gasteiger partial charge on any atom is -0.494 e. The molecule has 4 aromatic heterocycles. The average molecular weight is 814 g/mol. The van der Waals surface area contributed by atoms with E-state index < -0.39 is 6.09 Å². The van der Waals surface area contributed by atoms with Gasteiger partial charge in [0.05, 0.1) is 29.6 Å². The molecule has 3 aliphatic heterocycles. The highest BCUT2D eigenvalue weighted by Crippen LogP contribution is 2.41. The molecule has 0 spiro atoms. The Kier molecular flexibility index (Phi) is 12.8. The summed E-state index contributed by atoms with van der Waals surface area (Å²) in [4.78, 5) is 47.4. The number of methoxy groups -OCH3 is 2. The van der Waals surface area contributed by atoms with Crippen LogP contribution in [0.25, 0.3) is 27.8 Å². The van der Waals surface area contributed by atoms with E-state index in [-0.39, 0.29) is 42.0 Å². The van der Waals surface area contributed by atoms with E-state index in [1.807, 2.05) is 53.5 Å². The third-order valence-electron chi connectivity index (χ3n) is 12.4. The first-order valence-electron chi connectivity index (χ1n) is 21.4. The van der Waals surface area contributed by atoms with Crippen molar-refractivity contribution in [2.45, 2.75) is 109 Å². The number of nitrogens with zero attached hydrogens (tertiary/aromatic N) is 7. The molecule has 2 atom stereocenters. The van der Waals surface area contributed by atoms with Crippen molar-refractivity contribution in [1.29, 1.82) is 0 Å². The number of hydrogen-bond donors (Lipinski definition) is 3. The second kappa shape index (κ2) is 17.9. The summed E-state index contributed by atoms with van der Waals surface area (Å²) in [6.07, 6.45) is 11.0. The zero-order chi connectivity index (χ0) is 42.0. The number of pyridine rings is 2. The van der Waals surface area contributed by atoms with Gasteiger partial charge in [0.15, 0.2) is 0 Å². The van der Waals surface area contributed by atoms with Crippen LogP contribution in [-0.4, -0.2) is 135 Å². The molecule has 4 N–H and O–H groups in total. The number of carbonyl (C=O) groups is 3. The number of fused-ring (bicyclic) bond motifs is 2. The molecule has 7 heterocycles. The van der Waals surface area contributed by atoms with Crippen LogP contribution in [0.3, 0.4) is 0 Å². The SMILES string of the molecule is CC(C)(C)N(C(=O)O)[C@@H]1CCCNC1.COCC(=O)N1CCC(c2nccc3cc(-c4nn5cc(C(=O)N6CCC[C@@H](N)C6)cc(OC)c5c4C)n(CC4CC4)c23)CC1. The van der Waals surface area contributed by atoms with E-state index >= 15 is 0 Å². The smallest absolute Gasteiger partial charge is 0.408 e. The van der Waals surface area contributed by atoms with Gasteiger partial charge >= 0.3 is 6.09 Å². The molecule has 4 aliphatic rings. The Bertz CT molecular complexity index is 2140. The predicted molar refractivity (Wildman–Crippen MR) is 227 cm³/mol. The molecule has 0 radical (unpaired) electrons. The van der Waals surface area contributed by atoms with Crippen LogP contribution in [0.2, 0.25) is 0 Å². The van der Waals surface area contributed by atoms with Crippen LogP contribution in [0.5, 0.6) is 5.75 Å². The molecule has 1 aliphatic carbocycles. The van der Waals surface area contributed by atoms with E-state index in [4.69, 9.17) is 30.4 Å². The quantitative estimate of drug-likeness (QED) is 0.196. The minimum absolute atomic E-state index is 0.00495. The Morgan fingerprint density at radius 1 is 1.00 bits per heavy atom. The Morgan fingerprint density at radius 3 is 2.39 bits per heavy atom. The zero-order valence-electron chi connectivity index (χ0n) is 35.7. The lowest BCUT2D eigenvalue weighted by atomic mass is 9.92. The van der Waals surface area contributed by atoms with Gasteiger partial charge in [-0.25, -0.2) is 9.31 Å². The molecule has 0 unspecified atom stereocenters. The molecular weight excluding hydrogens is 751 g/mol. The molecule has 1 saturated carbocycles. The van der Waals surface area contributed by atoms with Gasteiger partial charge < -0.3 is 40.0 Å². The number of rotatable bonds is 9. The fraction of sp³-hybridized carbons (Fsp3) is 0.614. The van der Waals surface area contributed by atoms with Crippen molar-refractivity contribution in [2.24, 2.45) is 11.7 Å². The van der Waals surface area contributed by atoms with Crippen molar-refractivity contribution in [3.05, 3.63) is 47.4 Å². The van der Waals surface area contributed by atoms with E-state index in [2.05, 4.69) is 28.9 Å². The number of carboxylic acid groups (broad SMARTS) is 1. The number of aryl methyl sites for hydroxylation is 1. The fourth-order valence-corrected chi connectivity index (χ4v) is 9.33. The summed E-state index contributed by atoms with van der Waals surface area (Å²) in [5.41, 5.74) is 12.5. The topological polar surface area (TPSA) is 173 Å². The van der Waals surface area contributed by atoms with Crippen LogP contribution >= 0.6 is 0 Å². The number of likely N-dealkylation sites (tertiary alicyclic amines) is 2. The summed E-state index contributed by atoms with van der Waals surface area (Å²) in [5.74, 6) is 1.52. The molecule has 3 saturated heterocycles. The molecule has 3 amide bonds. The highest BCUT2D eigenvalue weighted by Gasteiger charge is 2.34. The Morgan fingerprint density at radius 2 is 1.76 bits per heavy atom. The number of hydrogen-bond acceptors (Lipinski definition) is 9. The summed E-state index contributed by atoms with van der Waals surface area (Å²) in [7, 11) is 3.20. The first-order valence-corrected chi connectivity index (χ1v) is 21.4. The van der Waals surface area contributed by atoms with Crippen molar-refractivity contribution in [2.75, 3.05) is 60.1 Å². The van der Waals surface area contributed by atoms with Crippen molar-refractivity contribution < 1.29 is 29.0 Å². The van der Waals surface area contributed by atoms with E-state index in [0.717, 1.165) is 91.7 Å². The van der Waals surface area contributed by atoms with Gasteiger partial charge in [0.1, 0.15) is 23.6 Å². The Balaban J connectivity index is 0.000000321. The Labute approximate surface area is 347 Å². The molecular formula is C44H63N9O6. The lowest BCUT2D eigenvalue weighted by molar-refractivity contribution is -0.136. The molecule has 15 heteroatoms. The summed E-state index contributed by atoms with van der Waals surface area (Å²) >= 11 is 0. The monoisotopic (exact) mass is 813 g/mol. The van der Waals surface area contributed by atoms with E-state index in [1.165, 1.54) is 18.4 Å². The molecule has 4 fully saturated rings. The lowest BCUT2D eigenvalue weighted by Crippen LogP contribution is -2.56. The standard InChI is InChI=1S/C34H43N7O4.C10H20N2O2/c1-21-30(37-41-18-25(16-28(45-3)32(21)41)34(43)39-12-4-5-26(35)19-39)27-15-24-8-11-36-31(33(24)40(27)17-22-6-7-22)23-9-13-38(14-10-23)29(42)20-44-2;1-10(2,3)12(9(13)14)8-5-4-6-11-7-8/h8,11,15-16,18,22-23,26H,4-7,9-10,12-14,17,19-20,35H2,1-3H3;8,11H,4-7H2,1-3H3,(H,13,14)/t26-;8-/m11/s1. The van der Waals surface area contributed by atoms with Gasteiger partial charge in [-0.1, -0.05) is 0 Å². The highest BCUT2D eigenvalue weighted by molar-refractivity contribution is 5.96. The highest BCUT2D eigenvalue weighted by atomic mass is 16.5. The van der Waals surface area contributed by atoms with Gasteiger partial charge in [0.25, 0.3) is 5.91 Å². The number of aromatic nitrogens is 4. The van der Waals surface area contributed by atoms with Crippen LogP contribution in [0.4, 0.5) is 4.79 Å². The molecule has 8 rings (SSSR count). The maximum atomic E-state index is 13.5. The lowest BCUT2D eigenvalue weighted by Gasteiger charge is -2.41. The maximum Gasteiger partial charge on any atom is 0.408 e. The van der Waals surface area contributed by atoms with Crippen LogP contribution in [0.1, 0.15) is 99.7 Å². The van der Waals surface area contributed by atoms with Crippen molar-refractivity contribution >= 4 is 34.3 Å². The molecule has 59 heavy (non-hydrogen) atoms. The molecule has 320 valence electrons. The number of ether oxygens (including phenoxy) is 2. The number of amides is 3. The van der Waals surface area contributed by atoms with Crippen molar-refractivity contribution in [3.63, 3.8) is 0 Å². The van der Waals surface area contributed by atoms with Gasteiger partial charge in [-0.15, -0.1) is 0 Å². The first kappa shape index (κ1) is 42.4. The average Bonchev–Trinajstić information content (AvgIpc) is 3.88. The number of carbonyl (C=O) groups excluding carboxylic acids is 2. The largest absolute Gasteiger partial charge is 0.494 e. The molecule has 0 bridgehead atoms. The third kappa shape index (κ3) is 9.21. The van der Waals surface area contributed by atoms with Gasteiger partial charge in [-0.2, -0.15) is 5.10 Å². The van der Waals surface area contributed by atoms with Gasteiger partial charge in [0, 0.05) is 93.3 Å². The number of nitrogens with two attached hydrogens (primary N) is 1.